The molecule has 7 N–H and O–H groups in total. The summed E-state index contributed by atoms with van der Waals surface area (Å²) < 4.78 is 21.7. The average Bonchev–Trinajstić information content (AvgIpc) is 2.62. The van der Waals surface area contributed by atoms with Crippen molar-refractivity contribution in [1.82, 2.24) is 0 Å². The van der Waals surface area contributed by atoms with Gasteiger partial charge in [0.05, 0.1) is 0 Å². The van der Waals surface area contributed by atoms with Gasteiger partial charge in [-0.25, -0.2) is 9.59 Å². The van der Waals surface area contributed by atoms with Crippen LogP contribution in [0.4, 0.5) is 0 Å². The molecule has 0 saturated carbocycles. The van der Waals surface area contributed by atoms with E-state index in [2.05, 4.69) is 0 Å². The minimum atomic E-state index is -3.68. The fourth-order valence-corrected chi connectivity index (χ4v) is 2.90. The minimum absolute atomic E-state index is 0.172. The molecule has 0 aromatic heterocycles. The molecule has 0 saturated heterocycles. The summed E-state index contributed by atoms with van der Waals surface area (Å²) in [5, 5.41) is 34.5. The Morgan fingerprint density at radius 1 is 1.07 bits per heavy atom. The Labute approximate surface area is 159 Å². The van der Waals surface area contributed by atoms with Gasteiger partial charge in [-0.3, -0.25) is 9.36 Å². The van der Waals surface area contributed by atoms with Gasteiger partial charge in [0.1, 0.15) is 6.04 Å². The van der Waals surface area contributed by atoms with E-state index in [1.54, 1.807) is 0 Å². The van der Waals surface area contributed by atoms with Crippen molar-refractivity contribution in [2.45, 2.75) is 24.2 Å². The average molecular weight is 421 g/mol. The fraction of sp³-hybridized carbons (Fsp3) is 0.400. The highest BCUT2D eigenvalue weighted by Crippen LogP contribution is 2.47. The van der Waals surface area contributed by atoms with Gasteiger partial charge in [0.2, 0.25) is 8.03 Å². The third kappa shape index (κ3) is 6.50. The number of hydrogen-bond donors (Lipinski definition) is 6. The van der Waals surface area contributed by atoms with E-state index >= 15 is 0 Å². The van der Waals surface area contributed by atoms with Crippen molar-refractivity contribution in [1.29, 1.82) is 0 Å². The Balaban J connectivity index is 3.24. The van der Waals surface area contributed by atoms with Gasteiger partial charge in [0, 0.05) is 0 Å². The number of carbonyl (C=O) groups is 3. The normalized spacial score (nSPS) is 15.1. The number of rotatable bonds is 12. The summed E-state index contributed by atoms with van der Waals surface area (Å²) in [5.74, 6) is -4.48. The lowest BCUT2D eigenvalue weighted by atomic mass is 10.0. The summed E-state index contributed by atoms with van der Waals surface area (Å²) in [6.45, 7) is -1.60. The van der Waals surface area contributed by atoms with Crippen molar-refractivity contribution in [2.75, 3.05) is 13.2 Å². The zero-order valence-corrected chi connectivity index (χ0v) is 15.4. The maximum absolute atomic E-state index is 11.8. The molecule has 0 heterocycles. The van der Waals surface area contributed by atoms with E-state index in [1.165, 1.54) is 0 Å². The highest BCUT2D eigenvalue weighted by molar-refractivity contribution is 7.39. The number of aliphatic hydroxyl groups is 1. The van der Waals surface area contributed by atoms with E-state index in [0.717, 1.165) is 18.2 Å². The molecule has 0 spiro atoms. The first kappa shape index (κ1) is 23.4. The van der Waals surface area contributed by atoms with Crippen LogP contribution in [0.25, 0.3) is 0 Å². The molecule has 12 nitrogen and oxygen atoms in total. The van der Waals surface area contributed by atoms with Gasteiger partial charge in [-0.1, -0.05) is 6.07 Å². The van der Waals surface area contributed by atoms with Crippen LogP contribution in [0, 0.1) is 0 Å². The van der Waals surface area contributed by atoms with Crippen LogP contribution in [-0.2, 0) is 24.3 Å². The van der Waals surface area contributed by atoms with Gasteiger partial charge in [0.15, 0.2) is 30.1 Å². The van der Waals surface area contributed by atoms with Crippen LogP contribution < -0.4 is 15.2 Å². The van der Waals surface area contributed by atoms with Crippen molar-refractivity contribution < 1.29 is 53.7 Å². The van der Waals surface area contributed by atoms with Crippen molar-refractivity contribution in [3.8, 4) is 11.5 Å². The van der Waals surface area contributed by atoms with Crippen LogP contribution >= 0.6 is 8.03 Å². The lowest BCUT2D eigenvalue weighted by Crippen LogP contribution is -2.33. The van der Waals surface area contributed by atoms with Crippen molar-refractivity contribution in [2.24, 2.45) is 5.73 Å². The summed E-state index contributed by atoms with van der Waals surface area (Å²) in [7, 11) is -3.68. The highest BCUT2D eigenvalue weighted by Gasteiger charge is 2.37. The number of hydrogen-bond acceptors (Lipinski definition) is 8. The van der Waals surface area contributed by atoms with E-state index in [9.17, 15) is 28.9 Å². The molecule has 0 fully saturated rings. The van der Waals surface area contributed by atoms with E-state index < -0.39 is 57.0 Å². The zero-order chi connectivity index (χ0) is 21.5. The number of nitrogens with two attached hydrogens (primary N) is 1. The largest absolute Gasteiger partial charge is 0.480 e. The summed E-state index contributed by atoms with van der Waals surface area (Å²) in [6.07, 6.45) is -0.812. The van der Waals surface area contributed by atoms with E-state index in [4.69, 9.17) is 30.5 Å². The molecule has 3 atom stereocenters. The SMILES string of the molecule is N[C@@H](CCC(O)(c1ccc(OCC(=O)O)c(OCC(=O)O)c1)[PH](=O)O)C(=O)O. The number of ether oxygens (including phenoxy) is 2. The van der Waals surface area contributed by atoms with Crippen molar-refractivity contribution >= 4 is 25.9 Å². The van der Waals surface area contributed by atoms with Crippen molar-refractivity contribution in [3.05, 3.63) is 23.8 Å². The Hall–Kier alpha value is -2.66. The third-order valence-corrected chi connectivity index (χ3v) is 4.86. The monoisotopic (exact) mass is 421 g/mol. The van der Waals surface area contributed by atoms with Crippen LogP contribution in [0.3, 0.4) is 0 Å². The van der Waals surface area contributed by atoms with E-state index in [1.807, 2.05) is 0 Å². The quantitative estimate of drug-likeness (QED) is 0.234. The lowest BCUT2D eigenvalue weighted by Gasteiger charge is -2.27. The van der Waals surface area contributed by atoms with Crippen LogP contribution in [0.1, 0.15) is 18.4 Å². The number of carboxylic acid groups (broad SMARTS) is 3. The molecule has 0 radical (unpaired) electrons. The fourth-order valence-electron chi connectivity index (χ4n) is 2.14. The predicted molar refractivity (Wildman–Crippen MR) is 92.7 cm³/mol. The third-order valence-electron chi connectivity index (χ3n) is 3.61. The van der Waals surface area contributed by atoms with Gasteiger partial charge < -0.3 is 40.5 Å². The second-order valence-electron chi connectivity index (χ2n) is 5.68. The first-order valence-electron chi connectivity index (χ1n) is 7.75. The molecular formula is C15H20NO11P. The Morgan fingerprint density at radius 2 is 1.61 bits per heavy atom. The predicted octanol–water partition coefficient (Wildman–Crippen LogP) is -0.582. The van der Waals surface area contributed by atoms with Crippen LogP contribution in [0.2, 0.25) is 0 Å². The molecule has 28 heavy (non-hydrogen) atoms. The van der Waals surface area contributed by atoms with Crippen LogP contribution in [0.5, 0.6) is 11.5 Å². The Bertz CT molecular complexity index is 768. The first-order valence-corrected chi connectivity index (χ1v) is 9.10. The minimum Gasteiger partial charge on any atom is -0.480 e. The maximum Gasteiger partial charge on any atom is 0.341 e. The standard InChI is InChI=1S/C15H20NO11P/c16-9(14(21)22)3-4-15(23,28(24)25)8-1-2-10(26-6-12(17)18)11(5-8)27-7-13(19)20/h1-2,5,9,23,28H,3-4,6-7,16H2,(H,17,18)(H,19,20)(H,21,22)(H,24,25)/t9-,15?/m0/s1. The van der Waals surface area contributed by atoms with Gasteiger partial charge in [-0.05, 0) is 30.5 Å². The summed E-state index contributed by atoms with van der Waals surface area (Å²) >= 11 is 0. The molecule has 156 valence electrons. The summed E-state index contributed by atoms with van der Waals surface area (Å²) in [6, 6.07) is 1.91. The molecule has 0 aliphatic rings. The van der Waals surface area contributed by atoms with Gasteiger partial charge in [0.25, 0.3) is 0 Å². The van der Waals surface area contributed by atoms with Crippen LogP contribution in [-0.4, -0.2) is 62.5 Å². The smallest absolute Gasteiger partial charge is 0.341 e. The Morgan fingerprint density at radius 3 is 2.07 bits per heavy atom. The first-order chi connectivity index (χ1) is 13.0. The highest BCUT2D eigenvalue weighted by atomic mass is 31.1. The molecule has 1 aromatic carbocycles. The number of carboxylic acids is 3. The topological polar surface area (TPSA) is 214 Å². The molecule has 1 aromatic rings. The van der Waals surface area contributed by atoms with E-state index in [-0.39, 0.29) is 23.5 Å². The van der Waals surface area contributed by atoms with Crippen LogP contribution in [0.15, 0.2) is 18.2 Å². The molecule has 2 unspecified atom stereocenters. The maximum atomic E-state index is 11.8. The van der Waals surface area contributed by atoms with Gasteiger partial charge in [-0.15, -0.1) is 0 Å². The molecule has 0 bridgehead atoms. The Kier molecular flexibility index (Phi) is 8.38. The second-order valence-corrected chi connectivity index (χ2v) is 7.11. The summed E-state index contributed by atoms with van der Waals surface area (Å²) in [5.41, 5.74) is 5.18. The summed E-state index contributed by atoms with van der Waals surface area (Å²) in [4.78, 5) is 41.8. The molecular weight excluding hydrogens is 401 g/mol. The van der Waals surface area contributed by atoms with E-state index in [0.29, 0.717) is 0 Å². The van der Waals surface area contributed by atoms with Gasteiger partial charge in [-0.2, -0.15) is 0 Å². The molecule has 0 aliphatic carbocycles. The van der Waals surface area contributed by atoms with Gasteiger partial charge >= 0.3 is 17.9 Å². The molecule has 1 rings (SSSR count). The van der Waals surface area contributed by atoms with Crippen molar-refractivity contribution in [3.63, 3.8) is 0 Å². The number of aliphatic carboxylic acids is 3. The number of benzene rings is 1. The molecule has 0 aliphatic heterocycles. The second kappa shape index (κ2) is 10.0. The molecule has 13 heteroatoms. The zero-order valence-electron chi connectivity index (χ0n) is 14.4. The molecule has 0 amide bonds. The lowest BCUT2D eigenvalue weighted by molar-refractivity contribution is -0.140.